The number of quaternary nitrogens is 1. The standard InChI is InChI=1S/C21H17N5OS/c1-25-9-8-14-16(10-25)28-21-17(14)20-23-19(24-26(20)11-22-21)15-7-6-12-4-2-3-5-13(12)18(15)27/h2-7,11,27H,8-10H2,1H3/p+1. The smallest absolute Gasteiger partial charge is 0.185 e. The van der Waals surface area contributed by atoms with Crippen LogP contribution < -0.4 is 4.90 Å². The molecule has 0 bridgehead atoms. The minimum absolute atomic E-state index is 0.218. The Hall–Kier alpha value is -3.03. The molecule has 1 aliphatic rings. The third kappa shape index (κ3) is 2.20. The lowest BCUT2D eigenvalue weighted by Crippen LogP contribution is -3.08. The fraction of sp³-hybridized carbons (Fsp3) is 0.190. The molecule has 6 nitrogen and oxygen atoms in total. The molecule has 5 aromatic rings. The number of hydrogen-bond donors (Lipinski definition) is 2. The van der Waals surface area contributed by atoms with Crippen LogP contribution in [-0.4, -0.2) is 38.3 Å². The van der Waals surface area contributed by atoms with Crippen molar-refractivity contribution >= 4 is 38.0 Å². The van der Waals surface area contributed by atoms with Crippen molar-refractivity contribution in [2.45, 2.75) is 13.0 Å². The summed E-state index contributed by atoms with van der Waals surface area (Å²) in [7, 11) is 2.23. The minimum Gasteiger partial charge on any atom is -0.507 e. The topological polar surface area (TPSA) is 67.8 Å². The summed E-state index contributed by atoms with van der Waals surface area (Å²) < 4.78 is 1.74. The molecule has 0 radical (unpaired) electrons. The second-order valence-electron chi connectivity index (χ2n) is 7.45. The number of thiophene rings is 1. The predicted octanol–water partition coefficient (Wildman–Crippen LogP) is 2.44. The molecule has 0 amide bonds. The number of aromatic hydroxyl groups is 1. The highest BCUT2D eigenvalue weighted by molar-refractivity contribution is 7.19. The first-order valence-electron chi connectivity index (χ1n) is 9.37. The number of benzene rings is 2. The molecule has 1 atom stereocenters. The van der Waals surface area contributed by atoms with Gasteiger partial charge in [-0.2, -0.15) is 0 Å². The van der Waals surface area contributed by atoms with E-state index in [9.17, 15) is 5.11 Å². The molecule has 1 unspecified atom stereocenters. The van der Waals surface area contributed by atoms with E-state index >= 15 is 0 Å². The van der Waals surface area contributed by atoms with Gasteiger partial charge < -0.3 is 10.0 Å². The molecule has 4 heterocycles. The lowest BCUT2D eigenvalue weighted by atomic mass is 10.0. The lowest BCUT2D eigenvalue weighted by Gasteiger charge is -2.19. The Morgan fingerprint density at radius 1 is 1.18 bits per heavy atom. The van der Waals surface area contributed by atoms with Crippen molar-refractivity contribution in [1.29, 1.82) is 0 Å². The van der Waals surface area contributed by atoms with Crippen LogP contribution >= 0.6 is 11.3 Å². The van der Waals surface area contributed by atoms with Crippen molar-refractivity contribution in [3.63, 3.8) is 0 Å². The van der Waals surface area contributed by atoms with E-state index in [1.807, 2.05) is 36.4 Å². The number of fused-ring (bicyclic) bond motifs is 6. The Kier molecular flexibility index (Phi) is 3.27. The number of hydrogen-bond acceptors (Lipinski definition) is 5. The average Bonchev–Trinajstić information content (AvgIpc) is 3.28. The molecule has 0 saturated carbocycles. The molecule has 0 saturated heterocycles. The first-order valence-corrected chi connectivity index (χ1v) is 10.2. The van der Waals surface area contributed by atoms with Crippen LogP contribution in [0, 0.1) is 0 Å². The third-order valence-corrected chi connectivity index (χ3v) is 6.76. The maximum atomic E-state index is 10.8. The zero-order chi connectivity index (χ0) is 18.8. The first kappa shape index (κ1) is 16.0. The molecule has 6 rings (SSSR count). The zero-order valence-electron chi connectivity index (χ0n) is 15.3. The Morgan fingerprint density at radius 3 is 3.00 bits per heavy atom. The fourth-order valence-corrected chi connectivity index (χ4v) is 5.45. The number of nitrogens with one attached hydrogen (secondary N) is 1. The van der Waals surface area contributed by atoms with Crippen LogP contribution in [-0.2, 0) is 13.0 Å². The molecule has 0 aliphatic carbocycles. The van der Waals surface area contributed by atoms with E-state index in [0.29, 0.717) is 11.4 Å². The Labute approximate surface area is 164 Å². The minimum atomic E-state index is 0.218. The lowest BCUT2D eigenvalue weighted by molar-refractivity contribution is -0.895. The molecule has 28 heavy (non-hydrogen) atoms. The van der Waals surface area contributed by atoms with Crippen molar-refractivity contribution in [3.05, 3.63) is 53.2 Å². The summed E-state index contributed by atoms with van der Waals surface area (Å²) in [5.41, 5.74) is 2.83. The second kappa shape index (κ2) is 5.73. The van der Waals surface area contributed by atoms with Crippen molar-refractivity contribution in [2.24, 2.45) is 0 Å². The Bertz CT molecular complexity index is 1390. The molecule has 2 aromatic carbocycles. The maximum absolute atomic E-state index is 10.8. The van der Waals surface area contributed by atoms with Crippen LogP contribution in [0.1, 0.15) is 10.4 Å². The molecule has 138 valence electrons. The number of rotatable bonds is 1. The van der Waals surface area contributed by atoms with Gasteiger partial charge in [0.2, 0.25) is 0 Å². The van der Waals surface area contributed by atoms with Gasteiger partial charge in [-0.3, -0.25) is 0 Å². The summed E-state index contributed by atoms with van der Waals surface area (Å²) in [6.45, 7) is 2.15. The van der Waals surface area contributed by atoms with Gasteiger partial charge in [0, 0.05) is 11.8 Å². The number of aromatic nitrogens is 4. The predicted molar refractivity (Wildman–Crippen MR) is 110 cm³/mol. The number of nitrogens with zero attached hydrogens (tertiary/aromatic N) is 4. The molecular weight excluding hydrogens is 370 g/mol. The fourth-order valence-electron chi connectivity index (χ4n) is 4.16. The molecular formula is C21H18N5OS+. The summed E-state index contributed by atoms with van der Waals surface area (Å²) in [4.78, 5) is 13.4. The van der Waals surface area contributed by atoms with E-state index in [4.69, 9.17) is 4.98 Å². The number of phenols is 1. The highest BCUT2D eigenvalue weighted by atomic mass is 32.1. The van der Waals surface area contributed by atoms with Crippen molar-refractivity contribution in [1.82, 2.24) is 19.6 Å². The van der Waals surface area contributed by atoms with Crippen LogP contribution in [0.25, 0.3) is 38.0 Å². The highest BCUT2D eigenvalue weighted by Crippen LogP contribution is 2.37. The third-order valence-electron chi connectivity index (χ3n) is 5.62. The molecule has 0 spiro atoms. The van der Waals surface area contributed by atoms with E-state index in [0.717, 1.165) is 46.1 Å². The summed E-state index contributed by atoms with van der Waals surface area (Å²) >= 11 is 1.77. The molecule has 0 fully saturated rings. The van der Waals surface area contributed by atoms with Gasteiger partial charge in [-0.1, -0.05) is 30.3 Å². The first-order chi connectivity index (χ1) is 13.7. The van der Waals surface area contributed by atoms with Gasteiger partial charge in [0.25, 0.3) is 0 Å². The largest absolute Gasteiger partial charge is 0.507 e. The summed E-state index contributed by atoms with van der Waals surface area (Å²) in [6.07, 6.45) is 2.76. The van der Waals surface area contributed by atoms with E-state index in [1.54, 1.807) is 22.2 Å². The van der Waals surface area contributed by atoms with E-state index in [1.165, 1.54) is 15.3 Å². The van der Waals surface area contributed by atoms with Crippen LogP contribution in [0.3, 0.4) is 0 Å². The van der Waals surface area contributed by atoms with Crippen molar-refractivity contribution < 1.29 is 10.0 Å². The monoisotopic (exact) mass is 388 g/mol. The second-order valence-corrected chi connectivity index (χ2v) is 8.53. The van der Waals surface area contributed by atoms with E-state index in [-0.39, 0.29) is 5.75 Å². The van der Waals surface area contributed by atoms with Crippen molar-refractivity contribution in [3.8, 4) is 17.1 Å². The van der Waals surface area contributed by atoms with Crippen LogP contribution in [0.4, 0.5) is 0 Å². The molecule has 2 N–H and O–H groups in total. The zero-order valence-corrected chi connectivity index (χ0v) is 16.1. The van der Waals surface area contributed by atoms with Gasteiger partial charge in [0.15, 0.2) is 11.5 Å². The maximum Gasteiger partial charge on any atom is 0.185 e. The van der Waals surface area contributed by atoms with E-state index < -0.39 is 0 Å². The molecule has 7 heteroatoms. The summed E-state index contributed by atoms with van der Waals surface area (Å²) in [6, 6.07) is 11.7. The number of likely N-dealkylation sites (N-methyl/N-ethyl adjacent to an activating group) is 1. The highest BCUT2D eigenvalue weighted by Gasteiger charge is 2.25. The SMILES string of the molecule is C[NH+]1CCc2c(sc3ncn4nc(-c5ccc6ccccc6c5O)nc4c23)C1. The van der Waals surface area contributed by atoms with Crippen LogP contribution in [0.5, 0.6) is 5.75 Å². The Morgan fingerprint density at radius 2 is 2.07 bits per heavy atom. The normalized spacial score (nSPS) is 16.8. The Balaban J connectivity index is 1.60. The average molecular weight is 388 g/mol. The van der Waals surface area contributed by atoms with Gasteiger partial charge >= 0.3 is 0 Å². The van der Waals surface area contributed by atoms with E-state index in [2.05, 4.69) is 17.1 Å². The quantitative estimate of drug-likeness (QED) is 0.463. The van der Waals surface area contributed by atoms with Crippen LogP contribution in [0.2, 0.25) is 0 Å². The summed E-state index contributed by atoms with van der Waals surface area (Å²) in [5, 5.41) is 18.4. The van der Waals surface area contributed by atoms with Crippen molar-refractivity contribution in [2.75, 3.05) is 13.6 Å². The number of phenolic OH excluding ortho intramolecular Hbond substituents is 1. The van der Waals surface area contributed by atoms with Gasteiger partial charge in [-0.25, -0.2) is 14.5 Å². The van der Waals surface area contributed by atoms with Gasteiger partial charge in [0.1, 0.15) is 23.5 Å². The van der Waals surface area contributed by atoms with Gasteiger partial charge in [0.05, 0.1) is 29.4 Å². The van der Waals surface area contributed by atoms with Crippen LogP contribution in [0.15, 0.2) is 42.7 Å². The molecule has 3 aromatic heterocycles. The summed E-state index contributed by atoms with van der Waals surface area (Å²) in [5.74, 6) is 0.742. The molecule has 1 aliphatic heterocycles. The van der Waals surface area contributed by atoms with Gasteiger partial charge in [-0.05, 0) is 17.0 Å². The van der Waals surface area contributed by atoms with Gasteiger partial charge in [-0.15, -0.1) is 16.4 Å².